The van der Waals surface area contributed by atoms with Crippen LogP contribution in [0.5, 0.6) is 0 Å². The lowest BCUT2D eigenvalue weighted by molar-refractivity contribution is -0.192. The average Bonchev–Trinajstić information content (AvgIpc) is 3.13. The van der Waals surface area contributed by atoms with E-state index in [9.17, 15) is 19.2 Å². The highest BCUT2D eigenvalue weighted by molar-refractivity contribution is 5.98. The molecule has 3 spiro atoms. The molecule has 6 rings (SSSR count). The van der Waals surface area contributed by atoms with Gasteiger partial charge in [-0.1, -0.05) is 20.8 Å². The molecule has 6 atom stereocenters. The number of rotatable bonds is 1. The standard InChI is InChI=1S/C22H31N3O5/c1-12-7-15(27)25-11-21-10-20(9-16(30-13(2)26)23(5)17(20)28)19(3,4)14(21)8-22(12,25)18(29)24(21)6/h12,14,16H,7-11H2,1-6H3/t12-,14?,16+,20-,21+,22+/m0/s1. The van der Waals surface area contributed by atoms with Gasteiger partial charge in [-0.2, -0.15) is 0 Å². The molecule has 30 heavy (non-hydrogen) atoms. The second-order valence-electron chi connectivity index (χ2n) is 10.9. The Morgan fingerprint density at radius 3 is 2.40 bits per heavy atom. The molecule has 1 unspecified atom stereocenters. The predicted molar refractivity (Wildman–Crippen MR) is 106 cm³/mol. The maximum Gasteiger partial charge on any atom is 0.304 e. The van der Waals surface area contributed by atoms with Crippen molar-refractivity contribution in [2.24, 2.45) is 22.7 Å². The van der Waals surface area contributed by atoms with Crippen LogP contribution in [-0.4, -0.2) is 76.3 Å². The van der Waals surface area contributed by atoms with E-state index in [0.29, 0.717) is 32.2 Å². The number of fused-ring (bicyclic) bond motifs is 1. The van der Waals surface area contributed by atoms with Gasteiger partial charge in [0.1, 0.15) is 5.54 Å². The van der Waals surface area contributed by atoms with Crippen molar-refractivity contribution in [3.63, 3.8) is 0 Å². The highest BCUT2D eigenvalue weighted by Crippen LogP contribution is 2.72. The van der Waals surface area contributed by atoms with Crippen molar-refractivity contribution in [1.29, 1.82) is 0 Å². The molecule has 0 aromatic carbocycles. The Morgan fingerprint density at radius 1 is 1.10 bits per heavy atom. The largest absolute Gasteiger partial charge is 0.442 e. The van der Waals surface area contributed by atoms with Gasteiger partial charge in [-0.15, -0.1) is 0 Å². The number of piperazine rings is 1. The van der Waals surface area contributed by atoms with Gasteiger partial charge in [0.05, 0.1) is 11.0 Å². The van der Waals surface area contributed by atoms with Crippen LogP contribution >= 0.6 is 0 Å². The molecule has 6 fully saturated rings. The van der Waals surface area contributed by atoms with Crippen LogP contribution < -0.4 is 0 Å². The van der Waals surface area contributed by atoms with Crippen LogP contribution in [0, 0.1) is 22.7 Å². The van der Waals surface area contributed by atoms with E-state index in [1.54, 1.807) is 11.9 Å². The fourth-order valence-electron chi connectivity index (χ4n) is 8.00. The molecule has 1 aliphatic carbocycles. The van der Waals surface area contributed by atoms with Crippen LogP contribution in [0.1, 0.15) is 53.4 Å². The van der Waals surface area contributed by atoms with E-state index in [2.05, 4.69) is 13.8 Å². The number of piperidine rings is 2. The molecule has 0 aromatic heterocycles. The molecule has 2 bridgehead atoms. The highest BCUT2D eigenvalue weighted by Gasteiger charge is 2.81. The molecule has 6 aliphatic rings. The summed E-state index contributed by atoms with van der Waals surface area (Å²) in [7, 11) is 3.54. The number of hydrogen-bond donors (Lipinski definition) is 0. The highest BCUT2D eigenvalue weighted by atomic mass is 16.6. The number of amides is 3. The summed E-state index contributed by atoms with van der Waals surface area (Å²) in [6, 6.07) is 0. The summed E-state index contributed by atoms with van der Waals surface area (Å²) in [5.41, 5.74) is -2.50. The molecular weight excluding hydrogens is 386 g/mol. The first kappa shape index (κ1) is 19.8. The zero-order valence-electron chi connectivity index (χ0n) is 18.7. The molecule has 8 heteroatoms. The number of hydrogen-bond acceptors (Lipinski definition) is 5. The zero-order valence-corrected chi connectivity index (χ0v) is 18.7. The van der Waals surface area contributed by atoms with Crippen molar-refractivity contribution in [3.05, 3.63) is 0 Å². The molecule has 0 N–H and O–H groups in total. The fourth-order valence-corrected chi connectivity index (χ4v) is 8.00. The van der Waals surface area contributed by atoms with Crippen LogP contribution in [0.3, 0.4) is 0 Å². The summed E-state index contributed by atoms with van der Waals surface area (Å²) in [5.74, 6) is -0.314. The van der Waals surface area contributed by atoms with Crippen molar-refractivity contribution < 1.29 is 23.9 Å². The molecule has 5 saturated heterocycles. The predicted octanol–water partition coefficient (Wildman–Crippen LogP) is 0.992. The molecule has 164 valence electrons. The number of likely N-dealkylation sites (tertiary alicyclic amines) is 1. The topological polar surface area (TPSA) is 87.2 Å². The van der Waals surface area contributed by atoms with Crippen molar-refractivity contribution >= 4 is 23.7 Å². The summed E-state index contributed by atoms with van der Waals surface area (Å²) in [6.07, 6.45) is 1.33. The van der Waals surface area contributed by atoms with E-state index >= 15 is 0 Å². The van der Waals surface area contributed by atoms with E-state index in [1.165, 1.54) is 6.92 Å². The number of ether oxygens (including phenoxy) is 1. The first-order chi connectivity index (χ1) is 13.8. The van der Waals surface area contributed by atoms with Crippen molar-refractivity contribution in [2.45, 2.75) is 70.7 Å². The third kappa shape index (κ3) is 1.82. The zero-order chi connectivity index (χ0) is 22.0. The summed E-state index contributed by atoms with van der Waals surface area (Å²) in [4.78, 5) is 57.0. The van der Waals surface area contributed by atoms with Crippen molar-refractivity contribution in [2.75, 3.05) is 20.6 Å². The summed E-state index contributed by atoms with van der Waals surface area (Å²) in [5, 5.41) is 0. The third-order valence-corrected chi connectivity index (χ3v) is 9.72. The lowest BCUT2D eigenvalue weighted by Gasteiger charge is -2.64. The Hall–Kier alpha value is -2.12. The van der Waals surface area contributed by atoms with Crippen molar-refractivity contribution in [1.82, 2.24) is 14.7 Å². The minimum atomic E-state index is -0.788. The summed E-state index contributed by atoms with van der Waals surface area (Å²) >= 11 is 0. The quantitative estimate of drug-likeness (QED) is 0.594. The van der Waals surface area contributed by atoms with E-state index in [4.69, 9.17) is 4.74 Å². The minimum absolute atomic E-state index is 0.0199. The van der Waals surface area contributed by atoms with Crippen molar-refractivity contribution in [3.8, 4) is 0 Å². The molecule has 8 nitrogen and oxygen atoms in total. The Kier molecular flexibility index (Phi) is 3.55. The number of esters is 1. The molecular formula is C22H31N3O5. The number of likely N-dealkylation sites (N-methyl/N-ethyl adjacent to an activating group) is 1. The lowest BCUT2D eigenvalue weighted by atomic mass is 9.57. The van der Waals surface area contributed by atoms with E-state index in [0.717, 1.165) is 0 Å². The average molecular weight is 418 g/mol. The SMILES string of the molecule is CC(=O)O[C@@H]1C[C@]2(C[C@@]34CN5C(=O)C[C@H](C)[C@]5(CC3C2(C)C)C(=O)N4C)C(=O)N1C. The number of nitrogens with zero attached hydrogens (tertiary/aromatic N) is 3. The van der Waals surface area contributed by atoms with Gasteiger partial charge in [0.15, 0.2) is 6.23 Å². The normalized spacial score (nSPS) is 46.1. The Balaban J connectivity index is 1.64. The molecule has 0 aromatic rings. The smallest absolute Gasteiger partial charge is 0.304 e. The van der Waals surface area contributed by atoms with Gasteiger partial charge in [0.2, 0.25) is 17.7 Å². The third-order valence-electron chi connectivity index (χ3n) is 9.72. The number of carbonyl (C=O) groups excluding carboxylic acids is 4. The maximum atomic E-state index is 13.7. The Labute approximate surface area is 176 Å². The van der Waals surface area contributed by atoms with E-state index in [1.807, 2.05) is 23.8 Å². The van der Waals surface area contributed by atoms with Crippen LogP contribution in [-0.2, 0) is 23.9 Å². The fraction of sp³-hybridized carbons (Fsp3) is 0.818. The molecule has 3 amide bonds. The second-order valence-corrected chi connectivity index (χ2v) is 10.9. The minimum Gasteiger partial charge on any atom is -0.442 e. The monoisotopic (exact) mass is 417 g/mol. The van der Waals surface area contributed by atoms with Gasteiger partial charge in [-0.3, -0.25) is 19.2 Å². The Bertz CT molecular complexity index is 901. The van der Waals surface area contributed by atoms with Gasteiger partial charge in [0, 0.05) is 40.4 Å². The molecule has 1 saturated carbocycles. The van der Waals surface area contributed by atoms with Gasteiger partial charge in [0.25, 0.3) is 0 Å². The second kappa shape index (κ2) is 5.37. The lowest BCUT2D eigenvalue weighted by Crippen LogP contribution is -2.80. The van der Waals surface area contributed by atoms with Crippen LogP contribution in [0.25, 0.3) is 0 Å². The molecule has 5 aliphatic heterocycles. The Morgan fingerprint density at radius 2 is 1.77 bits per heavy atom. The summed E-state index contributed by atoms with van der Waals surface area (Å²) in [6.45, 7) is 8.12. The van der Waals surface area contributed by atoms with Crippen LogP contribution in [0.4, 0.5) is 0 Å². The van der Waals surface area contributed by atoms with E-state index in [-0.39, 0.29) is 29.6 Å². The first-order valence-electron chi connectivity index (χ1n) is 10.9. The van der Waals surface area contributed by atoms with Gasteiger partial charge in [-0.25, -0.2) is 0 Å². The van der Waals surface area contributed by atoms with Crippen LogP contribution in [0.15, 0.2) is 0 Å². The van der Waals surface area contributed by atoms with Gasteiger partial charge >= 0.3 is 5.97 Å². The summed E-state index contributed by atoms with van der Waals surface area (Å²) < 4.78 is 5.48. The van der Waals surface area contributed by atoms with E-state index < -0.39 is 34.1 Å². The number of carbonyl (C=O) groups is 4. The first-order valence-corrected chi connectivity index (χ1v) is 10.9. The maximum absolute atomic E-state index is 13.7. The molecule has 5 heterocycles. The van der Waals surface area contributed by atoms with Gasteiger partial charge in [-0.05, 0) is 30.1 Å². The van der Waals surface area contributed by atoms with Gasteiger partial charge < -0.3 is 19.4 Å². The molecule has 0 radical (unpaired) electrons. The van der Waals surface area contributed by atoms with Crippen LogP contribution in [0.2, 0.25) is 0 Å².